The van der Waals surface area contributed by atoms with Gasteiger partial charge in [0.2, 0.25) is 22.7 Å². The fourth-order valence-corrected chi connectivity index (χ4v) is 25.3. The Morgan fingerprint density at radius 1 is 0.306 bits per heavy atom. The lowest BCUT2D eigenvalue weighted by molar-refractivity contribution is 0.0926. The molecule has 0 saturated heterocycles. The molecule has 28 rings (SSSR count). The first-order valence-electron chi connectivity index (χ1n) is 49.0. The van der Waals surface area contributed by atoms with Crippen molar-refractivity contribution in [3.8, 4) is 89.5 Å². The second-order valence-electron chi connectivity index (χ2n) is 40.5. The van der Waals surface area contributed by atoms with Gasteiger partial charge in [-0.25, -0.2) is 102 Å². The smallest absolute Gasteiger partial charge is 0.223 e. The van der Waals surface area contributed by atoms with Gasteiger partial charge in [-0.05, 0) is 233 Å². The molecule has 8 N–H and O–H groups in total. The summed E-state index contributed by atoms with van der Waals surface area (Å²) in [6, 6.07) is 13.5. The highest BCUT2D eigenvalue weighted by Gasteiger charge is 2.47. The molecule has 12 aromatic heterocycles. The van der Waals surface area contributed by atoms with Gasteiger partial charge in [0.05, 0.1) is 71.1 Å². The van der Waals surface area contributed by atoms with Crippen molar-refractivity contribution in [2.45, 2.75) is 155 Å². The van der Waals surface area contributed by atoms with Crippen LogP contribution in [0.25, 0.3) is 153 Å². The van der Waals surface area contributed by atoms with Crippen LogP contribution in [0.2, 0.25) is 0 Å². The molecule has 33 heteroatoms. The van der Waals surface area contributed by atoms with Crippen molar-refractivity contribution >= 4 is 89.6 Å². The van der Waals surface area contributed by atoms with Gasteiger partial charge >= 0.3 is 0 Å². The molecule has 12 aliphatic carbocycles. The van der Waals surface area contributed by atoms with Gasteiger partial charge < -0.3 is 54.9 Å². The topological polar surface area (TPSA) is 221 Å². The number of anilines is 4. The maximum atomic E-state index is 16.2. The first-order chi connectivity index (χ1) is 69.5. The molecule has 12 fully saturated rings. The molecular weight excluding hydrogens is 1860 g/mol. The fraction of sp³-hybridized carbons (Fsp3) is 0.351. The molecule has 12 aliphatic rings. The van der Waals surface area contributed by atoms with E-state index < -0.39 is 69.8 Å². The number of aromatic amines is 4. The standard InChI is InChI=1S/3C28H26F3N5.C27H23F3N6/c3*1-14-15-4-6-16(7-5-15)24(14)34-28-23(31)22(17-8-9-36(3)13-17)27(32-2)26(35-28)20-12-33-25-19(20)10-18(29)11-21(25)30;1-13-14-3-5-15(6-4-14)23(13)35-27-22(30)21(16-9-32-12-33-10-16)26(31-2)25(36-27)19-11-34-24-18(19)7-17(28)8-20(24)29/h3*8-16,24,33H,4-7H2,1,3H3,(H,34,35);7-15,23,34H,3-6H2,1H3,(H,35,36)/t2*14-,15?,16?,24+;;/m10../s1. The highest BCUT2D eigenvalue weighted by molar-refractivity contribution is 6.06. The Morgan fingerprint density at radius 3 is 0.722 bits per heavy atom. The number of halogens is 12. The molecule has 21 nitrogen and oxygen atoms in total. The van der Waals surface area contributed by atoms with Gasteiger partial charge in [-0.15, -0.1) is 0 Å². The van der Waals surface area contributed by atoms with Gasteiger partial charge in [-0.2, -0.15) is 0 Å². The molecule has 0 spiro atoms. The van der Waals surface area contributed by atoms with E-state index >= 15 is 17.6 Å². The van der Waals surface area contributed by atoms with Gasteiger partial charge in [0, 0.05) is 216 Å². The van der Waals surface area contributed by atoms with Crippen molar-refractivity contribution in [3.05, 3.63) is 263 Å². The van der Waals surface area contributed by atoms with Gasteiger partial charge in [0.25, 0.3) is 0 Å². The minimum atomic E-state index is -0.759. The first kappa shape index (κ1) is 95.1. The zero-order valence-corrected chi connectivity index (χ0v) is 79.8. The van der Waals surface area contributed by atoms with Gasteiger partial charge in [-0.3, -0.25) is 0 Å². The van der Waals surface area contributed by atoms with Crippen LogP contribution in [0.5, 0.6) is 0 Å². The van der Waals surface area contributed by atoms with E-state index in [1.54, 1.807) is 69.1 Å². The fourth-order valence-electron chi connectivity index (χ4n) is 25.3. The monoisotopic (exact) mass is 1960 g/mol. The predicted molar refractivity (Wildman–Crippen MR) is 533 cm³/mol. The second-order valence-corrected chi connectivity index (χ2v) is 40.5. The molecule has 4 aromatic carbocycles. The summed E-state index contributed by atoms with van der Waals surface area (Å²) in [6.45, 7) is 40.5. The van der Waals surface area contributed by atoms with Crippen molar-refractivity contribution in [2.24, 2.45) is 92.2 Å². The zero-order chi connectivity index (χ0) is 100. The zero-order valence-electron chi connectivity index (χ0n) is 79.8. The minimum absolute atomic E-state index is 0.00744. The van der Waals surface area contributed by atoms with Crippen LogP contribution in [0.4, 0.5) is 98.7 Å². The van der Waals surface area contributed by atoms with E-state index in [9.17, 15) is 35.1 Å². The first-order valence-corrected chi connectivity index (χ1v) is 49.0. The number of hydrogen-bond acceptors (Lipinski definition) is 10. The normalized spacial score (nSPS) is 23.2. The number of benzene rings is 4. The Morgan fingerprint density at radius 2 is 0.521 bits per heavy atom. The van der Waals surface area contributed by atoms with E-state index in [2.05, 4.69) is 118 Å². The molecule has 0 aliphatic heterocycles. The van der Waals surface area contributed by atoms with Crippen LogP contribution in [-0.2, 0) is 21.1 Å². The number of hydrogen-bond donors (Lipinski definition) is 8. The maximum Gasteiger partial charge on any atom is 0.223 e. The Kier molecular flexibility index (Phi) is 25.3. The number of rotatable bonds is 16. The van der Waals surface area contributed by atoms with Crippen molar-refractivity contribution in [1.29, 1.82) is 0 Å². The molecule has 8 bridgehead atoms. The summed E-state index contributed by atoms with van der Waals surface area (Å²) in [6.07, 6.45) is 39.2. The third kappa shape index (κ3) is 17.0. The van der Waals surface area contributed by atoms with Crippen LogP contribution in [-0.4, -0.2) is 87.7 Å². The third-order valence-electron chi connectivity index (χ3n) is 32.7. The molecule has 4 unspecified atom stereocenters. The van der Waals surface area contributed by atoms with Crippen LogP contribution in [0.15, 0.2) is 147 Å². The average molecular weight is 1960 g/mol. The quantitative estimate of drug-likeness (QED) is 0.0338. The molecule has 12 heterocycles. The Labute approximate surface area is 821 Å². The number of nitrogens with zero attached hydrogens (tertiary/aromatic N) is 13. The lowest BCUT2D eigenvalue weighted by Crippen LogP contribution is -2.47. The van der Waals surface area contributed by atoms with E-state index in [0.717, 1.165) is 75.6 Å². The number of aromatic nitrogens is 13. The summed E-state index contributed by atoms with van der Waals surface area (Å²) in [4.78, 5) is 52.5. The Hall–Kier alpha value is -15.1. The van der Waals surface area contributed by atoms with Crippen molar-refractivity contribution in [2.75, 3.05) is 21.3 Å². The summed E-state index contributed by atoms with van der Waals surface area (Å²) < 4.78 is 185. The van der Waals surface area contributed by atoms with Gasteiger partial charge in [0.15, 0.2) is 46.5 Å². The van der Waals surface area contributed by atoms with E-state index in [4.69, 9.17) is 26.3 Å². The van der Waals surface area contributed by atoms with Crippen LogP contribution in [0.1, 0.15) is 130 Å². The number of nitrogens with one attached hydrogen (secondary N) is 8. The van der Waals surface area contributed by atoms with Crippen LogP contribution in [0.3, 0.4) is 0 Å². The van der Waals surface area contributed by atoms with E-state index in [1.165, 1.54) is 119 Å². The van der Waals surface area contributed by atoms with Crippen molar-refractivity contribution in [3.63, 3.8) is 0 Å². The Bertz CT molecular complexity index is 7350. The van der Waals surface area contributed by atoms with Gasteiger partial charge in [0.1, 0.15) is 52.9 Å². The summed E-state index contributed by atoms with van der Waals surface area (Å²) >= 11 is 0. The number of fused-ring (bicyclic) bond motifs is 16. The highest BCUT2D eigenvalue weighted by atomic mass is 19.2. The van der Waals surface area contributed by atoms with Crippen LogP contribution in [0, 0.1) is 167 Å². The number of H-pyrrole nitrogens is 4. The molecular formula is C111H101F12N21. The molecule has 16 aromatic rings. The van der Waals surface area contributed by atoms with Crippen molar-refractivity contribution in [1.82, 2.24) is 63.5 Å². The summed E-state index contributed by atoms with van der Waals surface area (Å²) in [5, 5.41) is 14.6. The Balaban J connectivity index is 0.000000113. The number of pyridine rings is 4. The average Bonchev–Trinajstić information content (AvgIpc) is 1.63. The maximum absolute atomic E-state index is 16.2. The lowest BCUT2D eigenvalue weighted by atomic mass is 9.62. The van der Waals surface area contributed by atoms with Crippen molar-refractivity contribution < 1.29 is 52.7 Å². The molecule has 0 radical (unpaired) electrons. The molecule has 144 heavy (non-hydrogen) atoms. The van der Waals surface area contributed by atoms with E-state index in [1.807, 2.05) is 21.1 Å². The molecule has 8 atom stereocenters. The SMILES string of the molecule is [C-]#[N+]c1c(-c2c[nH]c3c(F)cc(F)cc23)nc(NC2C3CCC(CC3)C2C)c(F)c1-c1ccn(C)c1.[C-]#[N+]c1c(-c2c[nH]c3c(F)cc(F)cc23)nc(NC2C3CCC(CC3)C2C)c(F)c1-c1cncnc1.[C-]#[N+]c1c(-c2c[nH]c3c(F)cc(F)cc23)nc(N[C@@H]2C3CCC(CC3)[C@H]2C)c(F)c1-c1ccn(C)c1.[C-]#[N+]c1c(-c2c[nH]c3c(F)cc(F)cc23)nc(N[C@H]2C3CCC(CC3)[C@@H]2C)c(F)c1-c1ccn(C)c1. The van der Waals surface area contributed by atoms with Crippen LogP contribution >= 0.6 is 0 Å². The summed E-state index contributed by atoms with van der Waals surface area (Å²) in [5.41, 5.74) is 4.85. The predicted octanol–water partition coefficient (Wildman–Crippen LogP) is 29.2. The van der Waals surface area contributed by atoms with Gasteiger partial charge in [-0.1, -0.05) is 27.7 Å². The minimum Gasteiger partial charge on any atom is -0.364 e. The second kappa shape index (κ2) is 38.3. The largest absolute Gasteiger partial charge is 0.364 e. The van der Waals surface area contributed by atoms with E-state index in [0.29, 0.717) is 116 Å². The summed E-state index contributed by atoms with van der Waals surface area (Å²) in [5.74, 6) is -2.51. The third-order valence-corrected chi connectivity index (χ3v) is 32.7. The van der Waals surface area contributed by atoms with Crippen LogP contribution < -0.4 is 21.3 Å². The highest BCUT2D eigenvalue weighted by Crippen LogP contribution is 2.56. The molecule has 12 saturated carbocycles. The number of aryl methyl sites for hydroxylation is 3. The lowest BCUT2D eigenvalue weighted by Gasteiger charge is -2.47. The molecule has 734 valence electrons. The van der Waals surface area contributed by atoms with E-state index in [-0.39, 0.29) is 159 Å². The molecule has 0 amide bonds. The summed E-state index contributed by atoms with van der Waals surface area (Å²) in [7, 11) is 5.48.